The van der Waals surface area contributed by atoms with Gasteiger partial charge in [0.15, 0.2) is 11.6 Å². The monoisotopic (exact) mass is 602 g/mol. The third kappa shape index (κ3) is 6.97. The van der Waals surface area contributed by atoms with E-state index >= 15 is 4.39 Å². The van der Waals surface area contributed by atoms with Crippen LogP contribution in [0.1, 0.15) is 38.8 Å². The van der Waals surface area contributed by atoms with Crippen LogP contribution in [0.25, 0.3) is 5.69 Å². The molecule has 230 valence electrons. The second kappa shape index (κ2) is 12.7. The van der Waals surface area contributed by atoms with Gasteiger partial charge in [-0.15, -0.1) is 0 Å². The molecule has 0 saturated carbocycles. The summed E-state index contributed by atoms with van der Waals surface area (Å²) in [5, 5.41) is 13.4. The average Bonchev–Trinajstić information content (AvgIpc) is 3.30. The lowest BCUT2D eigenvalue weighted by Crippen LogP contribution is -2.46. The van der Waals surface area contributed by atoms with Crippen molar-refractivity contribution in [3.63, 3.8) is 0 Å². The molecule has 0 unspecified atom stereocenters. The van der Waals surface area contributed by atoms with Crippen LogP contribution >= 0.6 is 0 Å². The van der Waals surface area contributed by atoms with Crippen molar-refractivity contribution in [3.05, 3.63) is 94.8 Å². The fourth-order valence-corrected chi connectivity index (χ4v) is 5.07. The minimum atomic E-state index is -1.35. The van der Waals surface area contributed by atoms with Gasteiger partial charge in [-0.3, -0.25) is 15.0 Å². The Hall–Kier alpha value is -4.97. The van der Waals surface area contributed by atoms with E-state index in [2.05, 4.69) is 10.3 Å². The zero-order valence-corrected chi connectivity index (χ0v) is 24.9. The molecule has 0 spiro atoms. The molecule has 11 nitrogen and oxygen atoms in total. The maximum atomic E-state index is 15.5. The maximum Gasteiger partial charge on any atom is 0.348 e. The summed E-state index contributed by atoms with van der Waals surface area (Å²) in [6.07, 6.45) is 4.45. The molecule has 0 atom stereocenters. The number of rotatable bonds is 7. The number of pyridine rings is 1. The molecular weight excluding hydrogens is 567 g/mol. The number of aryl methyl sites for hydroxylation is 1. The quantitative estimate of drug-likeness (QED) is 0.287. The molecule has 3 heterocycles. The molecule has 44 heavy (non-hydrogen) atoms. The Balaban J connectivity index is 1.40. The predicted octanol–water partition coefficient (Wildman–Crippen LogP) is 5.54. The van der Waals surface area contributed by atoms with Crippen LogP contribution < -0.4 is 20.5 Å². The van der Waals surface area contributed by atoms with Crippen molar-refractivity contribution in [3.8, 4) is 17.2 Å². The Morgan fingerprint density at radius 1 is 1.05 bits per heavy atom. The molecule has 5 rings (SSSR count). The number of anilines is 2. The Bertz CT molecular complexity index is 1710. The first-order valence-electron chi connectivity index (χ1n) is 14.4. The van der Waals surface area contributed by atoms with Crippen LogP contribution in [-0.4, -0.2) is 61.7 Å². The van der Waals surface area contributed by atoms with Crippen LogP contribution in [0.5, 0.6) is 11.5 Å². The number of aliphatic hydroxyl groups is 1. The summed E-state index contributed by atoms with van der Waals surface area (Å²) < 4.78 is 23.7. The van der Waals surface area contributed by atoms with Gasteiger partial charge in [-0.25, -0.2) is 23.6 Å². The molecule has 0 radical (unpaired) electrons. The van der Waals surface area contributed by atoms with E-state index in [1.807, 2.05) is 0 Å². The maximum absolute atomic E-state index is 15.5. The predicted molar refractivity (Wildman–Crippen MR) is 164 cm³/mol. The largest absolute Gasteiger partial charge is 0.454 e. The van der Waals surface area contributed by atoms with Crippen molar-refractivity contribution < 1.29 is 23.8 Å². The number of para-hydroxylation sites is 1. The van der Waals surface area contributed by atoms with Gasteiger partial charge in [-0.2, -0.15) is 4.68 Å². The minimum Gasteiger partial charge on any atom is -0.454 e. The summed E-state index contributed by atoms with van der Waals surface area (Å²) in [7, 11) is 0. The van der Waals surface area contributed by atoms with E-state index in [1.165, 1.54) is 64.6 Å². The van der Waals surface area contributed by atoms with Crippen molar-refractivity contribution in [2.45, 2.75) is 45.6 Å². The minimum absolute atomic E-state index is 0.123. The Morgan fingerprint density at radius 3 is 2.45 bits per heavy atom. The number of nitrogens with zero attached hydrogens (tertiary/aromatic N) is 5. The van der Waals surface area contributed by atoms with Crippen LogP contribution in [0.3, 0.4) is 0 Å². The number of aromatic nitrogens is 3. The van der Waals surface area contributed by atoms with Crippen LogP contribution in [0.2, 0.25) is 0 Å². The summed E-state index contributed by atoms with van der Waals surface area (Å²) in [5.41, 5.74) is -0.783. The van der Waals surface area contributed by atoms with Gasteiger partial charge in [0.05, 0.1) is 17.8 Å². The normalized spacial score (nSPS) is 13.4. The van der Waals surface area contributed by atoms with Gasteiger partial charge in [-0.05, 0) is 70.4 Å². The summed E-state index contributed by atoms with van der Waals surface area (Å²) in [6.45, 7) is 5.84. The first-order chi connectivity index (χ1) is 21.0. The second-order valence-corrected chi connectivity index (χ2v) is 11.3. The van der Waals surface area contributed by atoms with E-state index in [-0.39, 0.29) is 35.6 Å². The van der Waals surface area contributed by atoms with Gasteiger partial charge in [0.25, 0.3) is 5.56 Å². The Morgan fingerprint density at radius 2 is 1.77 bits per heavy atom. The van der Waals surface area contributed by atoms with E-state index in [0.717, 1.165) is 25.3 Å². The molecule has 2 aromatic heterocycles. The van der Waals surface area contributed by atoms with Crippen molar-refractivity contribution in [2.75, 3.05) is 29.9 Å². The highest BCUT2D eigenvalue weighted by Gasteiger charge is 2.29. The van der Waals surface area contributed by atoms with E-state index in [1.54, 1.807) is 42.2 Å². The van der Waals surface area contributed by atoms with Gasteiger partial charge < -0.3 is 14.7 Å². The highest BCUT2D eigenvalue weighted by atomic mass is 19.1. The number of carbonyl (C=O) groups excluding carboxylic acids is 2. The fourth-order valence-electron chi connectivity index (χ4n) is 5.07. The van der Waals surface area contributed by atoms with Crippen LogP contribution in [0, 0.1) is 12.7 Å². The lowest BCUT2D eigenvalue weighted by molar-refractivity contribution is 0.0882. The Kier molecular flexibility index (Phi) is 8.81. The van der Waals surface area contributed by atoms with E-state index in [0.29, 0.717) is 24.5 Å². The standard InChI is InChI=1S/C32H35FN6O5/c1-22-18-29(40)39(23-10-6-4-7-11-23)38(22)31(42)37(21-32(2,3)43)24-12-13-27(26(33)19-24)44-25-14-15-34-28(20-25)35-30(41)36-16-8-5-9-17-36/h4,6-7,10-15,18-20,43H,5,8-9,16-17,21H2,1-3H3,(H,34,35,41). The number of ether oxygens (including phenoxy) is 1. The third-order valence-corrected chi connectivity index (χ3v) is 7.10. The molecule has 2 aromatic carbocycles. The van der Waals surface area contributed by atoms with Gasteiger partial charge in [0.1, 0.15) is 11.6 Å². The van der Waals surface area contributed by atoms with Gasteiger partial charge in [0.2, 0.25) is 0 Å². The molecule has 1 aliphatic heterocycles. The Labute approximate surface area is 254 Å². The lowest BCUT2D eigenvalue weighted by Gasteiger charge is -2.30. The molecule has 3 amide bonds. The average molecular weight is 603 g/mol. The van der Waals surface area contributed by atoms with E-state index in [9.17, 15) is 19.5 Å². The number of amides is 3. The molecule has 12 heteroatoms. The number of likely N-dealkylation sites (tertiary alicyclic amines) is 1. The van der Waals surface area contributed by atoms with Crippen molar-refractivity contribution in [2.24, 2.45) is 0 Å². The zero-order chi connectivity index (χ0) is 31.4. The number of halogens is 1. The molecule has 1 aliphatic rings. The third-order valence-electron chi connectivity index (χ3n) is 7.10. The summed E-state index contributed by atoms with van der Waals surface area (Å²) in [4.78, 5) is 46.5. The number of nitrogens with one attached hydrogen (secondary N) is 1. The molecule has 0 bridgehead atoms. The molecule has 0 aliphatic carbocycles. The summed E-state index contributed by atoms with van der Waals surface area (Å²) in [6, 6.07) is 16.1. The number of piperidine rings is 1. The van der Waals surface area contributed by atoms with Crippen molar-refractivity contribution in [1.29, 1.82) is 0 Å². The zero-order valence-electron chi connectivity index (χ0n) is 24.9. The van der Waals surface area contributed by atoms with E-state index < -0.39 is 23.0 Å². The van der Waals surface area contributed by atoms with Crippen LogP contribution in [0.4, 0.5) is 25.5 Å². The number of hydrogen-bond acceptors (Lipinski definition) is 6. The molecule has 1 fully saturated rings. The molecule has 4 aromatic rings. The number of hydrogen-bond donors (Lipinski definition) is 2. The lowest BCUT2D eigenvalue weighted by atomic mass is 10.1. The van der Waals surface area contributed by atoms with Gasteiger partial charge in [-0.1, -0.05) is 18.2 Å². The molecular formula is C32H35FN6O5. The first kappa shape index (κ1) is 30.5. The number of carbonyl (C=O) groups is 2. The van der Waals surface area contributed by atoms with Crippen molar-refractivity contribution in [1.82, 2.24) is 19.2 Å². The van der Waals surface area contributed by atoms with Gasteiger partial charge in [0, 0.05) is 48.9 Å². The topological polar surface area (TPSA) is 122 Å². The smallest absolute Gasteiger partial charge is 0.348 e. The van der Waals surface area contributed by atoms with E-state index in [4.69, 9.17) is 4.74 Å². The second-order valence-electron chi connectivity index (χ2n) is 11.3. The first-order valence-corrected chi connectivity index (χ1v) is 14.4. The summed E-state index contributed by atoms with van der Waals surface area (Å²) >= 11 is 0. The number of urea groups is 1. The van der Waals surface area contributed by atoms with Gasteiger partial charge >= 0.3 is 12.1 Å². The number of benzene rings is 2. The van der Waals surface area contributed by atoms with Crippen LogP contribution in [0.15, 0.2) is 77.7 Å². The highest BCUT2D eigenvalue weighted by Crippen LogP contribution is 2.30. The molecule has 1 saturated heterocycles. The highest BCUT2D eigenvalue weighted by molar-refractivity contribution is 5.94. The SMILES string of the molecule is Cc1cc(=O)n(-c2ccccc2)n1C(=O)N(CC(C)(C)O)c1ccc(Oc2ccnc(NC(=O)N3CCCCC3)c2)c(F)c1. The molecule has 2 N–H and O–H groups in total. The van der Waals surface area contributed by atoms with Crippen LogP contribution in [-0.2, 0) is 0 Å². The van der Waals surface area contributed by atoms with Crippen molar-refractivity contribution >= 4 is 23.6 Å². The summed E-state index contributed by atoms with van der Waals surface area (Å²) in [5.74, 6) is -0.373. The fraction of sp³-hybridized carbons (Fsp3) is 0.312.